The van der Waals surface area contributed by atoms with E-state index in [2.05, 4.69) is 24.3 Å². The lowest BCUT2D eigenvalue weighted by Gasteiger charge is -2.37. The van der Waals surface area contributed by atoms with Gasteiger partial charge < -0.3 is 19.3 Å². The zero-order valence-electron chi connectivity index (χ0n) is 18.8. The van der Waals surface area contributed by atoms with Gasteiger partial charge in [0.2, 0.25) is 0 Å². The third-order valence-electron chi connectivity index (χ3n) is 8.06. The first-order valence-corrected chi connectivity index (χ1v) is 12.2. The van der Waals surface area contributed by atoms with E-state index in [0.717, 1.165) is 62.4 Å². The van der Waals surface area contributed by atoms with E-state index in [1.54, 1.807) is 5.57 Å². The Kier molecular flexibility index (Phi) is 5.17. The SMILES string of the molecule is O=C(O)C[C@@H]1COc2cc(O[C@@H]3CCc4c(C5=CCCC56CCOCC6)cccc43)ccc21. The molecule has 0 amide bonds. The van der Waals surface area contributed by atoms with E-state index in [1.165, 1.54) is 23.1 Å². The molecule has 2 aliphatic carbocycles. The molecule has 2 heterocycles. The van der Waals surface area contributed by atoms with E-state index in [1.807, 2.05) is 18.2 Å². The number of rotatable bonds is 5. The van der Waals surface area contributed by atoms with Gasteiger partial charge in [-0.25, -0.2) is 0 Å². The van der Waals surface area contributed by atoms with Crippen molar-refractivity contribution in [2.24, 2.45) is 5.41 Å². The van der Waals surface area contributed by atoms with Crippen molar-refractivity contribution in [3.05, 3.63) is 64.7 Å². The van der Waals surface area contributed by atoms with Crippen LogP contribution in [0.25, 0.3) is 5.57 Å². The first-order chi connectivity index (χ1) is 16.1. The number of benzene rings is 2. The molecular weight excluding hydrogens is 416 g/mol. The standard InChI is InChI=1S/C28H30O5/c29-27(30)15-18-17-32-26-16-19(6-7-20(18)26)33-25-9-8-21-22(3-1-4-23(21)25)24-5-2-10-28(24)11-13-31-14-12-28/h1,3-7,16,18,25H,2,8-15,17H2,(H,29,30)/t18-,25-/m1/s1. The minimum absolute atomic E-state index is 0.0295. The van der Waals surface area contributed by atoms with Gasteiger partial charge in [-0.2, -0.15) is 0 Å². The second-order valence-corrected chi connectivity index (χ2v) is 9.87. The maximum Gasteiger partial charge on any atom is 0.304 e. The summed E-state index contributed by atoms with van der Waals surface area (Å²) in [6.45, 7) is 2.15. The zero-order valence-corrected chi connectivity index (χ0v) is 18.8. The van der Waals surface area contributed by atoms with E-state index in [0.29, 0.717) is 6.61 Å². The Labute approximate surface area is 194 Å². The molecule has 1 fully saturated rings. The van der Waals surface area contributed by atoms with Crippen molar-refractivity contribution >= 4 is 11.5 Å². The van der Waals surface area contributed by atoms with Gasteiger partial charge in [-0.1, -0.05) is 30.3 Å². The van der Waals surface area contributed by atoms with Crippen molar-refractivity contribution in [1.29, 1.82) is 0 Å². The number of fused-ring (bicyclic) bond motifs is 2. The maximum atomic E-state index is 11.1. The summed E-state index contributed by atoms with van der Waals surface area (Å²) >= 11 is 0. The number of allylic oxidation sites excluding steroid dienone is 2. The molecule has 0 radical (unpaired) electrons. The monoisotopic (exact) mass is 446 g/mol. The topological polar surface area (TPSA) is 65.0 Å². The summed E-state index contributed by atoms with van der Waals surface area (Å²) in [5, 5.41) is 9.13. The van der Waals surface area contributed by atoms with Crippen LogP contribution in [-0.2, 0) is 16.0 Å². The van der Waals surface area contributed by atoms with Gasteiger partial charge in [0.25, 0.3) is 0 Å². The van der Waals surface area contributed by atoms with E-state index >= 15 is 0 Å². The van der Waals surface area contributed by atoms with E-state index in [4.69, 9.17) is 19.3 Å². The number of hydrogen-bond donors (Lipinski definition) is 1. The Morgan fingerprint density at radius 2 is 2.00 bits per heavy atom. The smallest absolute Gasteiger partial charge is 0.304 e. The predicted octanol–water partition coefficient (Wildman–Crippen LogP) is 5.68. The first kappa shape index (κ1) is 20.8. The molecule has 0 unspecified atom stereocenters. The molecule has 0 aromatic heterocycles. The van der Waals surface area contributed by atoms with Crippen molar-refractivity contribution in [3.8, 4) is 11.5 Å². The van der Waals surface area contributed by atoms with Crippen molar-refractivity contribution in [3.63, 3.8) is 0 Å². The maximum absolute atomic E-state index is 11.1. The molecule has 2 atom stereocenters. The van der Waals surface area contributed by atoms with Gasteiger partial charge in [0, 0.05) is 36.2 Å². The largest absolute Gasteiger partial charge is 0.492 e. The van der Waals surface area contributed by atoms with Crippen LogP contribution in [-0.4, -0.2) is 30.9 Å². The minimum atomic E-state index is -0.796. The first-order valence-electron chi connectivity index (χ1n) is 12.2. The summed E-state index contributed by atoms with van der Waals surface area (Å²) in [4.78, 5) is 11.1. The molecule has 4 aliphatic rings. The van der Waals surface area contributed by atoms with Gasteiger partial charge >= 0.3 is 5.97 Å². The lowest BCUT2D eigenvalue weighted by Crippen LogP contribution is -2.29. The molecule has 2 aromatic carbocycles. The van der Waals surface area contributed by atoms with Crippen LogP contribution >= 0.6 is 0 Å². The molecule has 33 heavy (non-hydrogen) atoms. The van der Waals surface area contributed by atoms with Crippen molar-refractivity contribution in [2.45, 2.75) is 57.0 Å². The Morgan fingerprint density at radius 1 is 1.12 bits per heavy atom. The highest BCUT2D eigenvalue weighted by molar-refractivity contribution is 5.76. The highest BCUT2D eigenvalue weighted by Gasteiger charge is 2.41. The van der Waals surface area contributed by atoms with Crippen LogP contribution in [0.15, 0.2) is 42.5 Å². The fourth-order valence-corrected chi connectivity index (χ4v) is 6.39. The number of carboxylic acids is 1. The summed E-state index contributed by atoms with van der Waals surface area (Å²) in [5.41, 5.74) is 6.96. The lowest BCUT2D eigenvalue weighted by atomic mass is 9.71. The molecule has 0 bridgehead atoms. The highest BCUT2D eigenvalue weighted by atomic mass is 16.5. The molecule has 2 aromatic rings. The molecule has 1 saturated heterocycles. The van der Waals surface area contributed by atoms with Crippen molar-refractivity contribution in [2.75, 3.05) is 19.8 Å². The molecule has 6 rings (SSSR count). The van der Waals surface area contributed by atoms with Crippen LogP contribution in [0.1, 0.15) is 72.8 Å². The molecule has 172 valence electrons. The average molecular weight is 447 g/mol. The average Bonchev–Trinajstić information content (AvgIpc) is 3.52. The van der Waals surface area contributed by atoms with Crippen LogP contribution in [0.3, 0.4) is 0 Å². The second-order valence-electron chi connectivity index (χ2n) is 9.87. The van der Waals surface area contributed by atoms with Crippen LogP contribution in [0.2, 0.25) is 0 Å². The summed E-state index contributed by atoms with van der Waals surface area (Å²) in [7, 11) is 0. The summed E-state index contributed by atoms with van der Waals surface area (Å²) in [6, 6.07) is 12.6. The van der Waals surface area contributed by atoms with Crippen molar-refractivity contribution < 1.29 is 24.1 Å². The molecule has 1 N–H and O–H groups in total. The van der Waals surface area contributed by atoms with Gasteiger partial charge in [0.1, 0.15) is 17.6 Å². The predicted molar refractivity (Wildman–Crippen MR) is 125 cm³/mol. The van der Waals surface area contributed by atoms with Gasteiger partial charge in [-0.15, -0.1) is 0 Å². The van der Waals surface area contributed by atoms with Crippen LogP contribution in [0.4, 0.5) is 0 Å². The highest BCUT2D eigenvalue weighted by Crippen LogP contribution is 2.53. The van der Waals surface area contributed by atoms with Crippen molar-refractivity contribution in [1.82, 2.24) is 0 Å². The van der Waals surface area contributed by atoms with Gasteiger partial charge in [-0.3, -0.25) is 4.79 Å². The summed E-state index contributed by atoms with van der Waals surface area (Å²) in [5.74, 6) is 0.658. The quantitative estimate of drug-likeness (QED) is 0.640. The summed E-state index contributed by atoms with van der Waals surface area (Å²) < 4.78 is 17.9. The Bertz CT molecular complexity index is 1110. The normalized spacial score (nSPS) is 24.8. The third-order valence-corrected chi connectivity index (χ3v) is 8.06. The van der Waals surface area contributed by atoms with Gasteiger partial charge in [0.15, 0.2) is 0 Å². The minimum Gasteiger partial charge on any atom is -0.492 e. The molecule has 2 aliphatic heterocycles. The molecule has 1 spiro atoms. The Hall–Kier alpha value is -2.79. The molecular formula is C28H30O5. The van der Waals surface area contributed by atoms with E-state index in [9.17, 15) is 4.79 Å². The van der Waals surface area contributed by atoms with Crippen LogP contribution in [0, 0.1) is 5.41 Å². The lowest BCUT2D eigenvalue weighted by molar-refractivity contribution is -0.137. The molecule has 5 nitrogen and oxygen atoms in total. The number of ether oxygens (including phenoxy) is 3. The fraction of sp³-hybridized carbons (Fsp3) is 0.464. The van der Waals surface area contributed by atoms with Crippen LogP contribution < -0.4 is 9.47 Å². The summed E-state index contributed by atoms with van der Waals surface area (Å²) in [6.07, 6.45) is 9.25. The number of carbonyl (C=O) groups is 1. The zero-order chi connectivity index (χ0) is 22.4. The number of carboxylic acid groups (broad SMARTS) is 1. The number of hydrogen-bond acceptors (Lipinski definition) is 4. The van der Waals surface area contributed by atoms with Gasteiger partial charge in [-0.05, 0) is 66.9 Å². The molecule has 5 heteroatoms. The van der Waals surface area contributed by atoms with Gasteiger partial charge in [0.05, 0.1) is 13.0 Å². The second kappa shape index (κ2) is 8.21. The Balaban J connectivity index is 1.24. The van der Waals surface area contributed by atoms with Crippen LogP contribution in [0.5, 0.6) is 11.5 Å². The fourth-order valence-electron chi connectivity index (χ4n) is 6.39. The molecule has 0 saturated carbocycles. The Morgan fingerprint density at radius 3 is 2.85 bits per heavy atom. The van der Waals surface area contributed by atoms with E-state index in [-0.39, 0.29) is 23.9 Å². The number of aliphatic carboxylic acids is 1. The third kappa shape index (κ3) is 3.63. The van der Waals surface area contributed by atoms with E-state index < -0.39 is 5.97 Å².